The lowest BCUT2D eigenvalue weighted by molar-refractivity contribution is -0.137. The Balaban J connectivity index is 1.93. The van der Waals surface area contributed by atoms with E-state index < -0.39 is 12.0 Å². The molecule has 1 aromatic rings. The third-order valence-electron chi connectivity index (χ3n) is 5.87. The maximum absolute atomic E-state index is 12.9. The van der Waals surface area contributed by atoms with Crippen molar-refractivity contribution in [3.05, 3.63) is 46.4 Å². The zero-order valence-corrected chi connectivity index (χ0v) is 20.8. The first-order valence-corrected chi connectivity index (χ1v) is 12.4. The van der Waals surface area contributed by atoms with Crippen LogP contribution in [-0.2, 0) is 36.9 Å². The molecule has 0 unspecified atom stereocenters. The molecule has 1 N–H and O–H groups in total. The minimum atomic E-state index is -0.792. The molecule has 35 heavy (non-hydrogen) atoms. The van der Waals surface area contributed by atoms with Crippen LogP contribution in [0.5, 0.6) is 0 Å². The van der Waals surface area contributed by atoms with E-state index in [0.717, 1.165) is 26.1 Å². The third-order valence-corrected chi connectivity index (χ3v) is 5.87. The molecule has 1 aliphatic rings. The number of hydrogen-bond acceptors (Lipinski definition) is 7. The first kappa shape index (κ1) is 28.2. The number of carbonyl (C=O) groups excluding carboxylic acids is 4. The standard InChI is InChI=1S/C26H37N3O6/c1-3-35-25(33)13-5-4-12-23(27-20(2)30)24(32)18-21-10-8-17-29(26(21)34)19-22(31)11-9-16-28-14-6-7-15-28/h5,8,10,13,17,23H,3-4,6-7,9,11-12,14-16,18-19H2,1-2H3,(H,27,30)/b13-5+/t23-/m0/s1. The predicted molar refractivity (Wildman–Crippen MR) is 132 cm³/mol. The van der Waals surface area contributed by atoms with Gasteiger partial charge in [0.25, 0.3) is 5.56 Å². The van der Waals surface area contributed by atoms with Crippen LogP contribution in [0.3, 0.4) is 0 Å². The summed E-state index contributed by atoms with van der Waals surface area (Å²) in [7, 11) is 0. The highest BCUT2D eigenvalue weighted by molar-refractivity contribution is 5.90. The second kappa shape index (κ2) is 15.0. The summed E-state index contributed by atoms with van der Waals surface area (Å²) in [6, 6.07) is 2.43. The van der Waals surface area contributed by atoms with Gasteiger partial charge in [-0.25, -0.2) is 4.79 Å². The minimum Gasteiger partial charge on any atom is -0.463 e. The van der Waals surface area contributed by atoms with Crippen molar-refractivity contribution in [3.63, 3.8) is 0 Å². The number of nitrogens with zero attached hydrogens (tertiary/aromatic N) is 2. The number of ether oxygens (including phenoxy) is 1. The molecule has 0 radical (unpaired) electrons. The Labute approximate surface area is 206 Å². The number of amides is 1. The van der Waals surface area contributed by atoms with Gasteiger partial charge < -0.3 is 19.5 Å². The molecule has 0 aliphatic carbocycles. The highest BCUT2D eigenvalue weighted by Gasteiger charge is 2.21. The van der Waals surface area contributed by atoms with Crippen molar-refractivity contribution < 1.29 is 23.9 Å². The SMILES string of the molecule is CCOC(=O)/C=C/CC[C@H](NC(C)=O)C(=O)Cc1cccn(CC(=O)CCCN2CCCC2)c1=O. The Kier molecular flexibility index (Phi) is 12.1. The van der Waals surface area contributed by atoms with Crippen molar-refractivity contribution in [1.82, 2.24) is 14.8 Å². The number of likely N-dealkylation sites (tertiary alicyclic amines) is 1. The van der Waals surface area contributed by atoms with Crippen LogP contribution < -0.4 is 10.9 Å². The summed E-state index contributed by atoms with van der Waals surface area (Å²) in [5, 5.41) is 2.62. The fraction of sp³-hybridized carbons (Fsp3) is 0.577. The van der Waals surface area contributed by atoms with Gasteiger partial charge in [-0.2, -0.15) is 0 Å². The number of allylic oxidation sites excluding steroid dienone is 1. The fourth-order valence-corrected chi connectivity index (χ4v) is 4.12. The molecule has 1 fully saturated rings. The summed E-state index contributed by atoms with van der Waals surface area (Å²) < 4.78 is 6.15. The largest absolute Gasteiger partial charge is 0.463 e. The lowest BCUT2D eigenvalue weighted by Gasteiger charge is -2.16. The molecule has 2 rings (SSSR count). The number of rotatable bonds is 15. The molecule has 0 spiro atoms. The number of esters is 1. The van der Waals surface area contributed by atoms with Gasteiger partial charge in [-0.15, -0.1) is 0 Å². The molecule has 1 amide bonds. The average molecular weight is 488 g/mol. The summed E-state index contributed by atoms with van der Waals surface area (Å²) in [4.78, 5) is 63.5. The molecule has 2 heterocycles. The topological polar surface area (TPSA) is 115 Å². The highest BCUT2D eigenvalue weighted by atomic mass is 16.5. The lowest BCUT2D eigenvalue weighted by atomic mass is 10.0. The van der Waals surface area contributed by atoms with Crippen LogP contribution in [0.25, 0.3) is 0 Å². The van der Waals surface area contributed by atoms with Crippen molar-refractivity contribution in [2.45, 2.75) is 71.4 Å². The predicted octanol–water partition coefficient (Wildman–Crippen LogP) is 1.81. The number of carbonyl (C=O) groups is 4. The molecule has 9 nitrogen and oxygen atoms in total. The Morgan fingerprint density at radius 3 is 2.63 bits per heavy atom. The van der Waals surface area contributed by atoms with Crippen molar-refractivity contribution >= 4 is 23.4 Å². The first-order chi connectivity index (χ1) is 16.8. The minimum absolute atomic E-state index is 0.0146. The molecule has 1 aliphatic heterocycles. The van der Waals surface area contributed by atoms with Crippen molar-refractivity contribution in [2.24, 2.45) is 0 Å². The Hall–Kier alpha value is -3.07. The van der Waals surface area contributed by atoms with Gasteiger partial charge in [0.05, 0.1) is 19.2 Å². The number of aromatic nitrogens is 1. The normalized spacial score (nSPS) is 14.7. The van der Waals surface area contributed by atoms with Crippen molar-refractivity contribution in [2.75, 3.05) is 26.2 Å². The van der Waals surface area contributed by atoms with Gasteiger partial charge in [0.15, 0.2) is 11.6 Å². The van der Waals surface area contributed by atoms with Crippen molar-refractivity contribution in [1.29, 1.82) is 0 Å². The molecule has 0 saturated carbocycles. The van der Waals surface area contributed by atoms with Crippen LogP contribution in [0.4, 0.5) is 0 Å². The number of ketones is 2. The Bertz CT molecular complexity index is 962. The number of Topliss-reactive ketones (excluding diaryl/α,β-unsaturated/α-hetero) is 2. The Morgan fingerprint density at radius 1 is 1.20 bits per heavy atom. The van der Waals surface area contributed by atoms with E-state index in [1.807, 2.05) is 0 Å². The summed E-state index contributed by atoms with van der Waals surface area (Å²) in [6.07, 6.45) is 8.54. The van der Waals surface area contributed by atoms with E-state index in [-0.39, 0.29) is 54.6 Å². The van der Waals surface area contributed by atoms with E-state index >= 15 is 0 Å². The molecule has 192 valence electrons. The summed E-state index contributed by atoms with van der Waals surface area (Å²) >= 11 is 0. The number of nitrogens with one attached hydrogen (secondary N) is 1. The van der Waals surface area contributed by atoms with E-state index in [0.29, 0.717) is 12.8 Å². The maximum Gasteiger partial charge on any atom is 0.330 e. The molecular weight excluding hydrogens is 450 g/mol. The first-order valence-electron chi connectivity index (χ1n) is 12.4. The van der Waals surface area contributed by atoms with Gasteiger partial charge in [0.2, 0.25) is 5.91 Å². The maximum atomic E-state index is 12.9. The van der Waals surface area contributed by atoms with E-state index in [9.17, 15) is 24.0 Å². The second-order valence-corrected chi connectivity index (χ2v) is 8.79. The Morgan fingerprint density at radius 2 is 1.94 bits per heavy atom. The quantitative estimate of drug-likeness (QED) is 0.296. The summed E-state index contributed by atoms with van der Waals surface area (Å²) in [5.74, 6) is -1.15. The molecular formula is C26H37N3O6. The smallest absolute Gasteiger partial charge is 0.330 e. The van der Waals surface area contributed by atoms with Crippen LogP contribution in [0.2, 0.25) is 0 Å². The van der Waals surface area contributed by atoms with Gasteiger partial charge in [0, 0.05) is 37.6 Å². The fourth-order valence-electron chi connectivity index (χ4n) is 4.12. The van der Waals surface area contributed by atoms with Crippen LogP contribution in [-0.4, -0.2) is 65.2 Å². The average Bonchev–Trinajstić information content (AvgIpc) is 3.32. The zero-order chi connectivity index (χ0) is 25.6. The van der Waals surface area contributed by atoms with Crippen LogP contribution >= 0.6 is 0 Å². The summed E-state index contributed by atoms with van der Waals surface area (Å²) in [6.45, 7) is 6.36. The second-order valence-electron chi connectivity index (χ2n) is 8.79. The lowest BCUT2D eigenvalue weighted by Crippen LogP contribution is -2.41. The molecule has 1 atom stereocenters. The van der Waals surface area contributed by atoms with Gasteiger partial charge in [0.1, 0.15) is 0 Å². The summed E-state index contributed by atoms with van der Waals surface area (Å²) in [5.41, 5.74) is -0.0997. The molecule has 1 saturated heterocycles. The van der Waals surface area contributed by atoms with Gasteiger partial charge >= 0.3 is 5.97 Å². The third kappa shape index (κ3) is 10.4. The van der Waals surface area contributed by atoms with Crippen molar-refractivity contribution in [3.8, 4) is 0 Å². The van der Waals surface area contributed by atoms with Gasteiger partial charge in [-0.3, -0.25) is 19.2 Å². The number of pyridine rings is 1. The molecule has 0 bridgehead atoms. The van der Waals surface area contributed by atoms with E-state index in [1.54, 1.807) is 31.3 Å². The number of hydrogen-bond donors (Lipinski definition) is 1. The van der Waals surface area contributed by atoms with Crippen LogP contribution in [0, 0.1) is 0 Å². The van der Waals surface area contributed by atoms with E-state index in [4.69, 9.17) is 4.74 Å². The monoisotopic (exact) mass is 487 g/mol. The highest BCUT2D eigenvalue weighted by Crippen LogP contribution is 2.09. The molecule has 1 aromatic heterocycles. The zero-order valence-electron chi connectivity index (χ0n) is 20.8. The van der Waals surface area contributed by atoms with E-state index in [2.05, 4.69) is 10.2 Å². The van der Waals surface area contributed by atoms with Gasteiger partial charge in [-0.1, -0.05) is 12.1 Å². The van der Waals surface area contributed by atoms with Crippen LogP contribution in [0.15, 0.2) is 35.3 Å². The molecule has 9 heteroatoms. The molecule has 0 aromatic carbocycles. The van der Waals surface area contributed by atoms with Gasteiger partial charge in [-0.05, 0) is 64.7 Å². The van der Waals surface area contributed by atoms with E-state index in [1.165, 1.54) is 30.4 Å². The van der Waals surface area contributed by atoms with Crippen LogP contribution in [0.1, 0.15) is 57.9 Å².